The molecule has 0 saturated carbocycles. The van der Waals surface area contributed by atoms with E-state index in [9.17, 15) is 14.4 Å². The van der Waals surface area contributed by atoms with Gasteiger partial charge in [0.2, 0.25) is 0 Å². The van der Waals surface area contributed by atoms with E-state index in [0.717, 1.165) is 11.1 Å². The summed E-state index contributed by atoms with van der Waals surface area (Å²) in [5, 5.41) is 7.02. The topological polar surface area (TPSA) is 92.2 Å². The van der Waals surface area contributed by atoms with Crippen LogP contribution in [0.15, 0.2) is 60.7 Å². The zero-order valence-electron chi connectivity index (χ0n) is 18.6. The standard InChI is InChI=1S/C25H19Cl3N4O3/c1-13-3-4-14(2)20(7-13)30-24(34)25(35)31-32-21-6-5-16(26)8-15(21)9-22(32)23(33)29-19-11-17(27)10-18(28)12-19/h3-12H,1-2H3,(H,29,33)(H,30,34)(H,31,35). The van der Waals surface area contributed by atoms with Gasteiger partial charge in [0.15, 0.2) is 0 Å². The highest BCUT2D eigenvalue weighted by Gasteiger charge is 2.22. The van der Waals surface area contributed by atoms with Crippen LogP contribution in [0, 0.1) is 13.8 Å². The Labute approximate surface area is 215 Å². The molecule has 1 aromatic heterocycles. The lowest BCUT2D eigenvalue weighted by atomic mass is 10.1. The molecule has 3 N–H and O–H groups in total. The van der Waals surface area contributed by atoms with Crippen LogP contribution in [-0.2, 0) is 9.59 Å². The van der Waals surface area contributed by atoms with Crippen LogP contribution in [0.25, 0.3) is 10.9 Å². The van der Waals surface area contributed by atoms with Gasteiger partial charge in [-0.3, -0.25) is 19.8 Å². The average molecular weight is 530 g/mol. The minimum atomic E-state index is -0.960. The smallest absolute Gasteiger partial charge is 0.321 e. The number of fused-ring (bicyclic) bond motifs is 1. The number of aromatic nitrogens is 1. The van der Waals surface area contributed by atoms with Crippen LogP contribution >= 0.6 is 34.8 Å². The Morgan fingerprint density at radius 3 is 2.17 bits per heavy atom. The van der Waals surface area contributed by atoms with Gasteiger partial charge >= 0.3 is 11.8 Å². The van der Waals surface area contributed by atoms with Crippen molar-refractivity contribution in [2.45, 2.75) is 13.8 Å². The van der Waals surface area contributed by atoms with Gasteiger partial charge in [-0.15, -0.1) is 0 Å². The van der Waals surface area contributed by atoms with Crippen LogP contribution in [0.3, 0.4) is 0 Å². The Morgan fingerprint density at radius 2 is 1.46 bits per heavy atom. The van der Waals surface area contributed by atoms with Gasteiger partial charge in [-0.25, -0.2) is 4.68 Å². The summed E-state index contributed by atoms with van der Waals surface area (Å²) in [6.07, 6.45) is 0. The van der Waals surface area contributed by atoms with Crippen LogP contribution < -0.4 is 16.1 Å². The Bertz CT molecular complexity index is 1480. The number of amides is 3. The number of carbonyl (C=O) groups excluding carboxylic acids is 3. The Morgan fingerprint density at radius 1 is 0.743 bits per heavy atom. The van der Waals surface area contributed by atoms with Gasteiger partial charge in [-0.2, -0.15) is 0 Å². The molecule has 0 radical (unpaired) electrons. The van der Waals surface area contributed by atoms with Gasteiger partial charge in [0, 0.05) is 31.8 Å². The lowest BCUT2D eigenvalue weighted by Crippen LogP contribution is -2.36. The first-order chi connectivity index (χ1) is 16.6. The largest absolute Gasteiger partial charge is 0.328 e. The molecule has 0 aliphatic rings. The highest BCUT2D eigenvalue weighted by atomic mass is 35.5. The SMILES string of the molecule is Cc1ccc(C)c(NC(=O)C(=O)Nn2c(C(=O)Nc3cc(Cl)cc(Cl)c3)cc3cc(Cl)ccc32)c1. The fourth-order valence-electron chi connectivity index (χ4n) is 3.50. The molecule has 178 valence electrons. The van der Waals surface area contributed by atoms with Gasteiger partial charge in [0.1, 0.15) is 5.69 Å². The summed E-state index contributed by atoms with van der Waals surface area (Å²) >= 11 is 18.2. The third kappa shape index (κ3) is 5.59. The van der Waals surface area contributed by atoms with Gasteiger partial charge < -0.3 is 10.6 Å². The van der Waals surface area contributed by atoms with Crippen LogP contribution in [0.2, 0.25) is 15.1 Å². The van der Waals surface area contributed by atoms with E-state index in [0.29, 0.717) is 37.3 Å². The molecular weight excluding hydrogens is 511 g/mol. The van der Waals surface area contributed by atoms with E-state index in [-0.39, 0.29) is 5.69 Å². The second-order valence-corrected chi connectivity index (χ2v) is 9.20. The third-order valence-corrected chi connectivity index (χ3v) is 5.85. The van der Waals surface area contributed by atoms with Gasteiger partial charge in [-0.1, -0.05) is 46.9 Å². The first-order valence-corrected chi connectivity index (χ1v) is 11.5. The predicted molar refractivity (Wildman–Crippen MR) is 140 cm³/mol. The summed E-state index contributed by atoms with van der Waals surface area (Å²) in [6.45, 7) is 3.70. The van der Waals surface area contributed by atoms with Gasteiger partial charge in [0.05, 0.1) is 5.52 Å². The summed E-state index contributed by atoms with van der Waals surface area (Å²) in [4.78, 5) is 38.6. The van der Waals surface area contributed by atoms with Crippen LogP contribution in [0.1, 0.15) is 21.6 Å². The Hall–Kier alpha value is -3.52. The maximum atomic E-state index is 13.1. The normalized spacial score (nSPS) is 10.8. The zero-order chi connectivity index (χ0) is 25.3. The summed E-state index contributed by atoms with van der Waals surface area (Å²) in [7, 11) is 0. The monoisotopic (exact) mass is 528 g/mol. The van der Waals surface area contributed by atoms with E-state index in [2.05, 4.69) is 16.1 Å². The number of hydrogen-bond acceptors (Lipinski definition) is 3. The molecule has 10 heteroatoms. The molecule has 3 amide bonds. The third-order valence-electron chi connectivity index (χ3n) is 5.18. The fraction of sp³-hybridized carbons (Fsp3) is 0.0800. The van der Waals surface area contributed by atoms with Gasteiger partial charge in [0.25, 0.3) is 5.91 Å². The minimum Gasteiger partial charge on any atom is -0.321 e. The van der Waals surface area contributed by atoms with E-state index in [1.165, 1.54) is 22.9 Å². The van der Waals surface area contributed by atoms with E-state index in [1.54, 1.807) is 30.3 Å². The average Bonchev–Trinajstić information content (AvgIpc) is 3.12. The summed E-state index contributed by atoms with van der Waals surface area (Å²) < 4.78 is 1.23. The summed E-state index contributed by atoms with van der Waals surface area (Å²) in [5.74, 6) is -2.41. The second kappa shape index (κ2) is 10.00. The molecule has 0 aliphatic heterocycles. The molecule has 0 fully saturated rings. The molecule has 0 unspecified atom stereocenters. The van der Waals surface area contributed by atoms with Crippen molar-refractivity contribution in [3.63, 3.8) is 0 Å². The minimum absolute atomic E-state index is 0.0613. The van der Waals surface area contributed by atoms with Crippen molar-refractivity contribution in [3.05, 3.63) is 92.6 Å². The van der Waals surface area contributed by atoms with Crippen LogP contribution in [-0.4, -0.2) is 22.4 Å². The Balaban J connectivity index is 1.64. The summed E-state index contributed by atoms with van der Waals surface area (Å²) in [6, 6.07) is 16.5. The maximum Gasteiger partial charge on any atom is 0.328 e. The maximum absolute atomic E-state index is 13.1. The highest BCUT2D eigenvalue weighted by Crippen LogP contribution is 2.26. The van der Waals surface area contributed by atoms with Crippen molar-refractivity contribution < 1.29 is 14.4 Å². The molecule has 1 heterocycles. The van der Waals surface area contributed by atoms with Crippen molar-refractivity contribution in [3.8, 4) is 0 Å². The molecular formula is C25H19Cl3N4O3. The quantitative estimate of drug-likeness (QED) is 0.276. The van der Waals surface area contributed by atoms with Crippen LogP contribution in [0.4, 0.5) is 11.4 Å². The number of rotatable bonds is 4. The zero-order valence-corrected chi connectivity index (χ0v) is 20.8. The lowest BCUT2D eigenvalue weighted by molar-refractivity contribution is -0.133. The highest BCUT2D eigenvalue weighted by molar-refractivity contribution is 6.42. The summed E-state index contributed by atoms with van der Waals surface area (Å²) in [5.41, 5.74) is 5.65. The molecule has 0 spiro atoms. The predicted octanol–water partition coefficient (Wildman–Crippen LogP) is 6.18. The molecule has 7 nitrogen and oxygen atoms in total. The molecule has 35 heavy (non-hydrogen) atoms. The molecule has 0 bridgehead atoms. The van der Waals surface area contributed by atoms with E-state index in [4.69, 9.17) is 34.8 Å². The van der Waals surface area contributed by atoms with E-state index < -0.39 is 17.7 Å². The lowest BCUT2D eigenvalue weighted by Gasteiger charge is -2.14. The number of nitrogens with one attached hydrogen (secondary N) is 3. The first kappa shape index (κ1) is 24.6. The first-order valence-electron chi connectivity index (χ1n) is 10.4. The number of nitrogens with zero attached hydrogens (tertiary/aromatic N) is 1. The molecule has 3 aromatic carbocycles. The van der Waals surface area contributed by atoms with Crippen molar-refractivity contribution >= 4 is 74.8 Å². The van der Waals surface area contributed by atoms with E-state index >= 15 is 0 Å². The molecule has 0 aliphatic carbocycles. The number of aryl methyl sites for hydroxylation is 2. The molecule has 0 atom stereocenters. The Kier molecular flexibility index (Phi) is 7.03. The second-order valence-electron chi connectivity index (χ2n) is 7.89. The number of anilines is 2. The number of hydrogen-bond donors (Lipinski definition) is 3. The molecule has 4 aromatic rings. The van der Waals surface area contributed by atoms with Crippen molar-refractivity contribution in [1.29, 1.82) is 0 Å². The van der Waals surface area contributed by atoms with E-state index in [1.807, 2.05) is 26.0 Å². The number of halogens is 3. The molecule has 4 rings (SSSR count). The van der Waals surface area contributed by atoms with Crippen molar-refractivity contribution in [1.82, 2.24) is 4.68 Å². The van der Waals surface area contributed by atoms with Crippen molar-refractivity contribution in [2.24, 2.45) is 0 Å². The number of carbonyl (C=O) groups is 3. The van der Waals surface area contributed by atoms with Crippen molar-refractivity contribution in [2.75, 3.05) is 16.1 Å². The van der Waals surface area contributed by atoms with Gasteiger partial charge in [-0.05, 0) is 73.5 Å². The fourth-order valence-corrected chi connectivity index (χ4v) is 4.20. The van der Waals surface area contributed by atoms with Crippen LogP contribution in [0.5, 0.6) is 0 Å². The molecule has 0 saturated heterocycles. The number of benzene rings is 3.